The van der Waals surface area contributed by atoms with E-state index in [-0.39, 0.29) is 18.0 Å². The van der Waals surface area contributed by atoms with Crippen LogP contribution in [0.4, 0.5) is 5.69 Å². The fraction of sp³-hybridized carbons (Fsp3) is 0.267. The summed E-state index contributed by atoms with van der Waals surface area (Å²) in [4.78, 5) is 24.2. The van der Waals surface area contributed by atoms with Gasteiger partial charge in [-0.2, -0.15) is 0 Å². The largest absolute Gasteiger partial charge is 0.467 e. The van der Waals surface area contributed by atoms with Crippen LogP contribution in [0.2, 0.25) is 0 Å². The van der Waals surface area contributed by atoms with E-state index >= 15 is 0 Å². The van der Waals surface area contributed by atoms with Gasteiger partial charge >= 0.3 is 0 Å². The SMILES string of the molecule is Cc1c(CC(=O)N(C)Cc2ccco2)cccc1[N+](=O)[O-]. The first-order valence-corrected chi connectivity index (χ1v) is 6.48. The van der Waals surface area contributed by atoms with E-state index in [1.165, 1.54) is 11.0 Å². The number of nitro groups is 1. The minimum Gasteiger partial charge on any atom is -0.467 e. The third kappa shape index (κ3) is 3.47. The van der Waals surface area contributed by atoms with E-state index < -0.39 is 4.92 Å². The Hall–Kier alpha value is -2.63. The van der Waals surface area contributed by atoms with E-state index in [2.05, 4.69) is 0 Å². The van der Waals surface area contributed by atoms with Gasteiger partial charge in [0.2, 0.25) is 5.91 Å². The van der Waals surface area contributed by atoms with Crippen molar-refractivity contribution in [3.8, 4) is 0 Å². The molecule has 1 amide bonds. The average Bonchev–Trinajstić information content (AvgIpc) is 2.93. The van der Waals surface area contributed by atoms with Crippen molar-refractivity contribution in [3.63, 3.8) is 0 Å². The van der Waals surface area contributed by atoms with Crippen molar-refractivity contribution in [2.45, 2.75) is 19.9 Å². The number of hydrogen-bond acceptors (Lipinski definition) is 4. The molecule has 2 aromatic rings. The maximum atomic E-state index is 12.2. The molecule has 6 nitrogen and oxygen atoms in total. The van der Waals surface area contributed by atoms with Crippen molar-refractivity contribution >= 4 is 11.6 Å². The zero-order chi connectivity index (χ0) is 15.4. The van der Waals surface area contributed by atoms with Crippen molar-refractivity contribution in [1.82, 2.24) is 4.90 Å². The molecule has 0 atom stereocenters. The van der Waals surface area contributed by atoms with Gasteiger partial charge in [0.15, 0.2) is 0 Å². The molecular formula is C15H16N2O4. The van der Waals surface area contributed by atoms with Gasteiger partial charge in [-0.1, -0.05) is 12.1 Å². The summed E-state index contributed by atoms with van der Waals surface area (Å²) in [5.41, 5.74) is 1.23. The first-order chi connectivity index (χ1) is 9.99. The van der Waals surface area contributed by atoms with E-state index in [1.807, 2.05) is 0 Å². The van der Waals surface area contributed by atoms with Gasteiger partial charge in [-0.3, -0.25) is 14.9 Å². The van der Waals surface area contributed by atoms with Gasteiger partial charge in [0, 0.05) is 18.7 Å². The molecule has 0 spiro atoms. The number of amides is 1. The molecule has 2 rings (SSSR count). The van der Waals surface area contributed by atoms with Gasteiger partial charge in [0.05, 0.1) is 24.2 Å². The Balaban J connectivity index is 2.09. The number of carbonyl (C=O) groups excluding carboxylic acids is 1. The molecular weight excluding hydrogens is 272 g/mol. The highest BCUT2D eigenvalue weighted by Crippen LogP contribution is 2.22. The summed E-state index contributed by atoms with van der Waals surface area (Å²) < 4.78 is 5.20. The molecule has 1 aromatic heterocycles. The molecule has 110 valence electrons. The number of carbonyl (C=O) groups is 1. The third-order valence-electron chi connectivity index (χ3n) is 3.35. The number of nitro benzene ring substituents is 1. The van der Waals surface area contributed by atoms with Crippen molar-refractivity contribution < 1.29 is 14.1 Å². The highest BCUT2D eigenvalue weighted by atomic mass is 16.6. The first-order valence-electron chi connectivity index (χ1n) is 6.48. The predicted molar refractivity (Wildman–Crippen MR) is 76.7 cm³/mol. The summed E-state index contributed by atoms with van der Waals surface area (Å²) in [5.74, 6) is 0.580. The Morgan fingerprint density at radius 1 is 1.33 bits per heavy atom. The lowest BCUT2D eigenvalue weighted by atomic mass is 10.0. The molecule has 0 aliphatic rings. The third-order valence-corrected chi connectivity index (χ3v) is 3.35. The molecule has 0 saturated heterocycles. The number of likely N-dealkylation sites (N-methyl/N-ethyl adjacent to an activating group) is 1. The summed E-state index contributed by atoms with van der Waals surface area (Å²) in [6.07, 6.45) is 1.68. The van der Waals surface area contributed by atoms with Crippen LogP contribution in [0.25, 0.3) is 0 Å². The van der Waals surface area contributed by atoms with Crippen LogP contribution in [0.15, 0.2) is 41.0 Å². The summed E-state index contributed by atoms with van der Waals surface area (Å²) in [6.45, 7) is 2.03. The summed E-state index contributed by atoms with van der Waals surface area (Å²) in [7, 11) is 1.68. The quantitative estimate of drug-likeness (QED) is 0.626. The van der Waals surface area contributed by atoms with Gasteiger partial charge in [-0.05, 0) is 24.6 Å². The monoisotopic (exact) mass is 288 g/mol. The van der Waals surface area contributed by atoms with E-state index in [4.69, 9.17) is 4.42 Å². The van der Waals surface area contributed by atoms with E-state index in [9.17, 15) is 14.9 Å². The van der Waals surface area contributed by atoms with E-state index in [1.54, 1.807) is 44.5 Å². The molecule has 0 saturated carbocycles. The van der Waals surface area contributed by atoms with Crippen LogP contribution in [0.5, 0.6) is 0 Å². The molecule has 0 aliphatic carbocycles. The lowest BCUT2D eigenvalue weighted by Gasteiger charge is -2.16. The predicted octanol–water partition coefficient (Wildman–Crippen LogP) is 2.70. The molecule has 1 aromatic carbocycles. The molecule has 1 heterocycles. The molecule has 6 heteroatoms. The van der Waals surface area contributed by atoms with Crippen LogP contribution >= 0.6 is 0 Å². The van der Waals surface area contributed by atoms with Gasteiger partial charge < -0.3 is 9.32 Å². The molecule has 0 bridgehead atoms. The maximum absolute atomic E-state index is 12.2. The van der Waals surface area contributed by atoms with Gasteiger partial charge in [-0.15, -0.1) is 0 Å². The number of rotatable bonds is 5. The molecule has 0 aliphatic heterocycles. The minimum atomic E-state index is -0.435. The Bertz CT molecular complexity index is 650. The minimum absolute atomic E-state index is 0.0361. The summed E-state index contributed by atoms with van der Waals surface area (Å²) >= 11 is 0. The standard InChI is InChI=1S/C15H16N2O4/c1-11-12(5-3-7-14(11)17(19)20)9-15(18)16(2)10-13-6-4-8-21-13/h3-8H,9-10H2,1-2H3. The van der Waals surface area contributed by atoms with Crippen LogP contribution in [0.1, 0.15) is 16.9 Å². The topological polar surface area (TPSA) is 76.6 Å². The van der Waals surface area contributed by atoms with Crippen LogP contribution in [0.3, 0.4) is 0 Å². The fourth-order valence-electron chi connectivity index (χ4n) is 2.08. The maximum Gasteiger partial charge on any atom is 0.272 e. The van der Waals surface area contributed by atoms with Crippen LogP contribution in [0, 0.1) is 17.0 Å². The van der Waals surface area contributed by atoms with E-state index in [0.717, 1.165) is 0 Å². The summed E-state index contributed by atoms with van der Waals surface area (Å²) in [6, 6.07) is 8.33. The number of benzene rings is 1. The second-order valence-electron chi connectivity index (χ2n) is 4.82. The Kier molecular flexibility index (Phi) is 4.37. The second kappa shape index (κ2) is 6.21. The Morgan fingerprint density at radius 2 is 2.10 bits per heavy atom. The van der Waals surface area contributed by atoms with E-state index in [0.29, 0.717) is 23.4 Å². The zero-order valence-corrected chi connectivity index (χ0v) is 11.9. The highest BCUT2D eigenvalue weighted by molar-refractivity contribution is 5.79. The van der Waals surface area contributed by atoms with Crippen LogP contribution in [-0.4, -0.2) is 22.8 Å². The van der Waals surface area contributed by atoms with Crippen LogP contribution in [-0.2, 0) is 17.8 Å². The number of nitrogens with zero attached hydrogens (tertiary/aromatic N) is 2. The fourth-order valence-corrected chi connectivity index (χ4v) is 2.08. The molecule has 0 radical (unpaired) electrons. The number of furan rings is 1. The van der Waals surface area contributed by atoms with Gasteiger partial charge in [0.25, 0.3) is 5.69 Å². The van der Waals surface area contributed by atoms with Crippen molar-refractivity contribution in [3.05, 3.63) is 63.6 Å². The smallest absolute Gasteiger partial charge is 0.272 e. The van der Waals surface area contributed by atoms with Crippen molar-refractivity contribution in [2.75, 3.05) is 7.05 Å². The molecule has 21 heavy (non-hydrogen) atoms. The Labute approximate surface area is 122 Å². The van der Waals surface area contributed by atoms with Crippen LogP contribution < -0.4 is 0 Å². The first kappa shape index (κ1) is 14.8. The molecule has 0 fully saturated rings. The van der Waals surface area contributed by atoms with Gasteiger partial charge in [0.1, 0.15) is 5.76 Å². The molecule has 0 N–H and O–H groups in total. The zero-order valence-electron chi connectivity index (χ0n) is 11.9. The normalized spacial score (nSPS) is 10.4. The van der Waals surface area contributed by atoms with Gasteiger partial charge in [-0.25, -0.2) is 0 Å². The lowest BCUT2D eigenvalue weighted by molar-refractivity contribution is -0.385. The molecule has 0 unspecified atom stereocenters. The van der Waals surface area contributed by atoms with Crippen molar-refractivity contribution in [2.24, 2.45) is 0 Å². The average molecular weight is 288 g/mol. The second-order valence-corrected chi connectivity index (χ2v) is 4.82. The van der Waals surface area contributed by atoms with Crippen molar-refractivity contribution in [1.29, 1.82) is 0 Å². The number of hydrogen-bond donors (Lipinski definition) is 0. The lowest BCUT2D eigenvalue weighted by Crippen LogP contribution is -2.27. The Morgan fingerprint density at radius 3 is 2.71 bits per heavy atom. The highest BCUT2D eigenvalue weighted by Gasteiger charge is 2.17. The summed E-state index contributed by atoms with van der Waals surface area (Å²) in [5, 5.41) is 10.9.